The maximum atomic E-state index is 5.89. The van der Waals surface area contributed by atoms with Gasteiger partial charge < -0.3 is 14.2 Å². The normalized spacial score (nSPS) is 28.9. The molecule has 3 heteroatoms. The lowest BCUT2D eigenvalue weighted by atomic mass is 10.0. The van der Waals surface area contributed by atoms with Crippen LogP contribution in [0.15, 0.2) is 42.0 Å². The van der Waals surface area contributed by atoms with Gasteiger partial charge in [-0.3, -0.25) is 0 Å². The number of unbranched alkanes of at least 4 members (excludes halogenated alkanes) is 2. The first-order valence-corrected chi connectivity index (χ1v) is 9.90. The van der Waals surface area contributed by atoms with E-state index in [1.54, 1.807) is 5.57 Å². The fraction of sp³-hybridized carbons (Fsp3) is 0.636. The van der Waals surface area contributed by atoms with Crippen molar-refractivity contribution in [2.75, 3.05) is 19.8 Å². The summed E-state index contributed by atoms with van der Waals surface area (Å²) >= 11 is 0. The molecule has 1 aromatic rings. The van der Waals surface area contributed by atoms with Crippen molar-refractivity contribution in [1.82, 2.24) is 0 Å². The molecule has 2 saturated carbocycles. The van der Waals surface area contributed by atoms with Crippen molar-refractivity contribution in [2.45, 2.75) is 57.3 Å². The molecule has 1 saturated heterocycles. The zero-order valence-corrected chi connectivity index (χ0v) is 15.1. The maximum Gasteiger partial charge on any atom is 0.169 e. The van der Waals surface area contributed by atoms with Crippen LogP contribution in [-0.4, -0.2) is 25.6 Å². The minimum absolute atomic E-state index is 0.197. The fourth-order valence-corrected chi connectivity index (χ4v) is 4.77. The first-order valence-electron chi connectivity index (χ1n) is 9.90. The molecule has 4 rings (SSSR count). The molecule has 3 nitrogen and oxygen atoms in total. The summed E-state index contributed by atoms with van der Waals surface area (Å²) in [6.45, 7) is 3.17. The Balaban J connectivity index is 1.10. The molecule has 136 valence electrons. The summed E-state index contributed by atoms with van der Waals surface area (Å²) in [5, 5.41) is 0. The van der Waals surface area contributed by atoms with E-state index in [2.05, 4.69) is 30.3 Å². The molecular weight excluding hydrogens is 312 g/mol. The second-order valence-corrected chi connectivity index (χ2v) is 7.84. The van der Waals surface area contributed by atoms with Crippen LogP contribution in [0.25, 0.3) is 0 Å². The Kier molecular flexibility index (Phi) is 5.54. The van der Waals surface area contributed by atoms with Crippen LogP contribution in [-0.2, 0) is 20.8 Å². The SMILES string of the molecule is C(CCCCOCc1ccccc1)=C1C[C@@H]2CC3(C[C@@H]2C1)OCCO3. The first kappa shape index (κ1) is 17.3. The fourth-order valence-electron chi connectivity index (χ4n) is 4.77. The van der Waals surface area contributed by atoms with E-state index < -0.39 is 0 Å². The Bertz CT molecular complexity index is 556. The Hall–Kier alpha value is -1.16. The standard InChI is InChI=1S/C22H30O3/c1-3-7-18(8-4-1)17-23-10-6-2-5-9-19-13-20-15-22(16-21(20)14-19)24-11-12-25-22/h1,3-4,7-9,20-21H,2,5-6,10-17H2/t20-,21+. The van der Waals surface area contributed by atoms with Crippen LogP contribution in [0.1, 0.15) is 50.5 Å². The third-order valence-corrected chi connectivity index (χ3v) is 5.96. The third kappa shape index (κ3) is 4.33. The van der Waals surface area contributed by atoms with Gasteiger partial charge in [0.25, 0.3) is 0 Å². The minimum atomic E-state index is -0.197. The van der Waals surface area contributed by atoms with Crippen LogP contribution in [0.2, 0.25) is 0 Å². The van der Waals surface area contributed by atoms with Crippen molar-refractivity contribution in [1.29, 1.82) is 0 Å². The molecule has 0 N–H and O–H groups in total. The second-order valence-electron chi connectivity index (χ2n) is 7.84. The van der Waals surface area contributed by atoms with Gasteiger partial charge in [0.2, 0.25) is 0 Å². The molecule has 1 spiro atoms. The van der Waals surface area contributed by atoms with E-state index >= 15 is 0 Å². The minimum Gasteiger partial charge on any atom is -0.377 e. The highest BCUT2D eigenvalue weighted by Gasteiger charge is 2.51. The lowest BCUT2D eigenvalue weighted by Gasteiger charge is -2.22. The van der Waals surface area contributed by atoms with Gasteiger partial charge in [-0.25, -0.2) is 0 Å². The van der Waals surface area contributed by atoms with E-state index in [0.29, 0.717) is 0 Å². The van der Waals surface area contributed by atoms with E-state index in [4.69, 9.17) is 14.2 Å². The van der Waals surface area contributed by atoms with E-state index in [-0.39, 0.29) is 5.79 Å². The van der Waals surface area contributed by atoms with E-state index in [9.17, 15) is 0 Å². The van der Waals surface area contributed by atoms with Gasteiger partial charge in [0.15, 0.2) is 5.79 Å². The van der Waals surface area contributed by atoms with Gasteiger partial charge in [0.05, 0.1) is 19.8 Å². The summed E-state index contributed by atoms with van der Waals surface area (Å²) in [4.78, 5) is 0. The van der Waals surface area contributed by atoms with Gasteiger partial charge in [-0.05, 0) is 49.5 Å². The van der Waals surface area contributed by atoms with Crippen molar-refractivity contribution >= 4 is 0 Å². The lowest BCUT2D eigenvalue weighted by molar-refractivity contribution is -0.154. The number of hydrogen-bond acceptors (Lipinski definition) is 3. The summed E-state index contributed by atoms with van der Waals surface area (Å²) in [6.07, 6.45) is 10.8. The smallest absolute Gasteiger partial charge is 0.169 e. The van der Waals surface area contributed by atoms with Gasteiger partial charge in [0.1, 0.15) is 0 Å². The Morgan fingerprint density at radius 1 is 1.00 bits per heavy atom. The molecule has 2 atom stereocenters. The second kappa shape index (κ2) is 8.03. The summed E-state index contributed by atoms with van der Waals surface area (Å²) < 4.78 is 17.5. The predicted octanol–water partition coefficient (Wildman–Crippen LogP) is 4.86. The Morgan fingerprint density at radius 3 is 2.44 bits per heavy atom. The maximum absolute atomic E-state index is 5.89. The van der Waals surface area contributed by atoms with Crippen LogP contribution in [0.5, 0.6) is 0 Å². The van der Waals surface area contributed by atoms with Gasteiger partial charge in [-0.1, -0.05) is 42.0 Å². The molecule has 0 radical (unpaired) electrons. The molecule has 1 aromatic carbocycles. The number of fused-ring (bicyclic) bond motifs is 1. The molecule has 1 heterocycles. The average Bonchev–Trinajstić information content (AvgIpc) is 3.31. The summed E-state index contributed by atoms with van der Waals surface area (Å²) in [6, 6.07) is 10.4. The highest BCUT2D eigenvalue weighted by atomic mass is 16.7. The molecule has 0 amide bonds. The van der Waals surface area contributed by atoms with Crippen molar-refractivity contribution in [3.63, 3.8) is 0 Å². The molecule has 25 heavy (non-hydrogen) atoms. The summed E-state index contributed by atoms with van der Waals surface area (Å²) in [7, 11) is 0. The largest absolute Gasteiger partial charge is 0.377 e. The van der Waals surface area contributed by atoms with Gasteiger partial charge in [-0.15, -0.1) is 0 Å². The topological polar surface area (TPSA) is 27.7 Å². The molecule has 0 unspecified atom stereocenters. The molecule has 0 bridgehead atoms. The average molecular weight is 342 g/mol. The first-order chi connectivity index (χ1) is 12.3. The molecule has 3 aliphatic rings. The van der Waals surface area contributed by atoms with Crippen LogP contribution >= 0.6 is 0 Å². The van der Waals surface area contributed by atoms with E-state index in [0.717, 1.165) is 57.5 Å². The van der Waals surface area contributed by atoms with Gasteiger partial charge >= 0.3 is 0 Å². The Labute approximate surface area is 151 Å². The van der Waals surface area contributed by atoms with E-state index in [1.165, 1.54) is 31.2 Å². The van der Waals surface area contributed by atoms with Crippen molar-refractivity contribution in [2.24, 2.45) is 11.8 Å². The van der Waals surface area contributed by atoms with Crippen molar-refractivity contribution in [3.8, 4) is 0 Å². The lowest BCUT2D eigenvalue weighted by Crippen LogP contribution is -2.26. The van der Waals surface area contributed by atoms with Crippen LogP contribution in [0.3, 0.4) is 0 Å². The number of rotatable bonds is 7. The summed E-state index contributed by atoms with van der Waals surface area (Å²) in [5.41, 5.74) is 2.93. The highest BCUT2D eigenvalue weighted by molar-refractivity contribution is 5.15. The van der Waals surface area contributed by atoms with Crippen LogP contribution in [0.4, 0.5) is 0 Å². The van der Waals surface area contributed by atoms with Crippen molar-refractivity contribution < 1.29 is 14.2 Å². The highest BCUT2D eigenvalue weighted by Crippen LogP contribution is 2.53. The number of hydrogen-bond donors (Lipinski definition) is 0. The zero-order chi connectivity index (χ0) is 17.0. The van der Waals surface area contributed by atoms with Crippen LogP contribution < -0.4 is 0 Å². The van der Waals surface area contributed by atoms with Gasteiger partial charge in [0, 0.05) is 19.4 Å². The molecule has 2 aliphatic carbocycles. The summed E-state index contributed by atoms with van der Waals surface area (Å²) in [5.74, 6) is 1.38. The molecule has 3 fully saturated rings. The van der Waals surface area contributed by atoms with E-state index in [1.807, 2.05) is 6.07 Å². The third-order valence-electron chi connectivity index (χ3n) is 5.96. The molecule has 1 aliphatic heterocycles. The van der Waals surface area contributed by atoms with Crippen molar-refractivity contribution in [3.05, 3.63) is 47.5 Å². The molecular formula is C22H30O3. The quantitative estimate of drug-likeness (QED) is 0.523. The van der Waals surface area contributed by atoms with Gasteiger partial charge in [-0.2, -0.15) is 0 Å². The molecule has 0 aromatic heterocycles. The number of ether oxygens (including phenoxy) is 3. The predicted molar refractivity (Wildman–Crippen MR) is 98.1 cm³/mol. The monoisotopic (exact) mass is 342 g/mol. The number of allylic oxidation sites excluding steroid dienone is 2. The zero-order valence-electron chi connectivity index (χ0n) is 15.1. The Morgan fingerprint density at radius 2 is 1.72 bits per heavy atom. The number of benzene rings is 1. The van der Waals surface area contributed by atoms with Crippen LogP contribution in [0, 0.1) is 11.8 Å².